The minimum Gasteiger partial charge on any atom is -0.497 e. The molecule has 0 aliphatic carbocycles. The van der Waals surface area contributed by atoms with Gasteiger partial charge in [-0.3, -0.25) is 14.5 Å². The van der Waals surface area contributed by atoms with E-state index in [1.54, 1.807) is 73.1 Å². The first-order valence-electron chi connectivity index (χ1n) is 16.5. The van der Waals surface area contributed by atoms with Crippen LogP contribution in [-0.2, 0) is 9.53 Å². The predicted molar refractivity (Wildman–Crippen MR) is 191 cm³/mol. The first-order chi connectivity index (χ1) is 24.4. The highest BCUT2D eigenvalue weighted by molar-refractivity contribution is 6.03. The van der Waals surface area contributed by atoms with Gasteiger partial charge in [0.1, 0.15) is 23.9 Å². The van der Waals surface area contributed by atoms with Crippen molar-refractivity contribution in [2.24, 2.45) is 0 Å². The first-order valence-corrected chi connectivity index (χ1v) is 16.5. The fraction of sp³-hybridized carbons (Fsp3) is 0.361. The molecule has 0 saturated carbocycles. The minimum atomic E-state index is -0.884. The number of carbonyl (C=O) groups is 3. The smallest absolute Gasteiger partial charge is 0.410 e. The Kier molecular flexibility index (Phi) is 11.3. The zero-order valence-corrected chi connectivity index (χ0v) is 29.5. The highest BCUT2D eigenvalue weighted by Crippen LogP contribution is 2.37. The van der Waals surface area contributed by atoms with Crippen molar-refractivity contribution in [1.82, 2.24) is 19.5 Å². The van der Waals surface area contributed by atoms with Crippen molar-refractivity contribution >= 4 is 40.3 Å². The van der Waals surface area contributed by atoms with Crippen molar-refractivity contribution in [1.29, 1.82) is 0 Å². The molecule has 1 fully saturated rings. The van der Waals surface area contributed by atoms with E-state index in [9.17, 15) is 23.6 Å². The van der Waals surface area contributed by atoms with E-state index < -0.39 is 24.0 Å². The molecule has 0 radical (unpaired) electrons. The number of para-hydroxylation sites is 1. The molecule has 15 heteroatoms. The summed E-state index contributed by atoms with van der Waals surface area (Å²) in [6, 6.07) is 15.8. The number of carbonyl (C=O) groups excluding carboxylic acids is 3. The van der Waals surface area contributed by atoms with Gasteiger partial charge in [0, 0.05) is 31.9 Å². The van der Waals surface area contributed by atoms with Gasteiger partial charge in [-0.2, -0.15) is 0 Å². The number of halogens is 1. The Balaban J connectivity index is 1.52. The lowest BCUT2D eigenvalue weighted by atomic mass is 10.1. The van der Waals surface area contributed by atoms with Crippen LogP contribution in [0.1, 0.15) is 32.6 Å². The van der Waals surface area contributed by atoms with Crippen molar-refractivity contribution in [3.8, 4) is 11.5 Å². The number of fused-ring (bicyclic) bond motifs is 1. The molecule has 1 saturated heterocycles. The number of methoxy groups -OCH3 is 2. The van der Waals surface area contributed by atoms with E-state index in [1.807, 2.05) is 0 Å². The molecule has 0 bridgehead atoms. The van der Waals surface area contributed by atoms with E-state index in [0.29, 0.717) is 33.8 Å². The van der Waals surface area contributed by atoms with Crippen LogP contribution in [0.2, 0.25) is 0 Å². The monoisotopic (exact) mass is 703 g/mol. The number of piperazine rings is 1. The summed E-state index contributed by atoms with van der Waals surface area (Å²) in [5.41, 5.74) is 0.791. The van der Waals surface area contributed by atoms with E-state index in [1.165, 1.54) is 60.0 Å². The zero-order valence-electron chi connectivity index (χ0n) is 29.5. The third-order valence-electron chi connectivity index (χ3n) is 8.41. The van der Waals surface area contributed by atoms with Crippen molar-refractivity contribution in [2.45, 2.75) is 32.9 Å². The fourth-order valence-corrected chi connectivity index (χ4v) is 5.80. The summed E-state index contributed by atoms with van der Waals surface area (Å²) in [7, 11) is 4.48. The third-order valence-corrected chi connectivity index (χ3v) is 8.41. The van der Waals surface area contributed by atoms with Crippen LogP contribution in [0.3, 0.4) is 0 Å². The fourth-order valence-electron chi connectivity index (χ4n) is 5.80. The molecule has 1 aliphatic heterocycles. The van der Waals surface area contributed by atoms with Crippen molar-refractivity contribution in [3.63, 3.8) is 0 Å². The summed E-state index contributed by atoms with van der Waals surface area (Å²) in [5, 5.41) is 5.00. The topological polar surface area (TPSA) is 139 Å². The molecule has 1 unspecified atom stereocenters. The van der Waals surface area contributed by atoms with E-state index in [0.717, 1.165) is 0 Å². The molecule has 1 aromatic heterocycles. The van der Waals surface area contributed by atoms with Crippen LogP contribution in [0.25, 0.3) is 10.9 Å². The maximum atomic E-state index is 14.3. The standard InChI is InChI=1S/C36H42FN7O7/c1-23(2)51-36(48)40(4)22-32(45)41-17-19-42(20-18-41)44-33(39-29-10-8-7-9-28(29)34(44)46)24(3)43(30-16-15-27(49-5)21-31(30)50-6)35(47)38-26-13-11-25(37)12-14-26/h7-16,21,23-24H,17-20,22H2,1-6H3,(H,38,47). The van der Waals surface area contributed by atoms with E-state index in [2.05, 4.69) is 5.32 Å². The summed E-state index contributed by atoms with van der Waals surface area (Å²) in [6.07, 6.45) is -0.911. The number of benzene rings is 3. The van der Waals surface area contributed by atoms with Gasteiger partial charge in [-0.25, -0.2) is 23.6 Å². The number of amides is 4. The third kappa shape index (κ3) is 8.14. The Morgan fingerprint density at radius 3 is 2.27 bits per heavy atom. The van der Waals surface area contributed by atoms with Crippen LogP contribution in [0.4, 0.5) is 25.4 Å². The lowest BCUT2D eigenvalue weighted by molar-refractivity contribution is -0.132. The summed E-state index contributed by atoms with van der Waals surface area (Å²) in [6.45, 7) is 6.10. The highest BCUT2D eigenvalue weighted by Gasteiger charge is 2.33. The molecule has 0 spiro atoms. The number of nitrogens with zero attached hydrogens (tertiary/aromatic N) is 6. The van der Waals surface area contributed by atoms with E-state index in [-0.39, 0.29) is 56.1 Å². The zero-order chi connectivity index (χ0) is 36.8. The van der Waals surface area contributed by atoms with Gasteiger partial charge < -0.3 is 34.3 Å². The Hall–Kier alpha value is -5.86. The van der Waals surface area contributed by atoms with Crippen molar-refractivity contribution in [3.05, 3.63) is 88.7 Å². The van der Waals surface area contributed by atoms with Gasteiger partial charge in [-0.15, -0.1) is 0 Å². The number of ether oxygens (including phenoxy) is 3. The molecule has 3 aromatic carbocycles. The first kappa shape index (κ1) is 36.4. The largest absolute Gasteiger partial charge is 0.497 e. The molecule has 14 nitrogen and oxygen atoms in total. The predicted octanol–water partition coefficient (Wildman–Crippen LogP) is 4.61. The summed E-state index contributed by atoms with van der Waals surface area (Å²) in [5.74, 6) is 0.354. The lowest BCUT2D eigenvalue weighted by Gasteiger charge is -2.39. The second kappa shape index (κ2) is 15.8. The Morgan fingerprint density at radius 2 is 1.63 bits per heavy atom. The van der Waals surface area contributed by atoms with Crippen LogP contribution in [0.5, 0.6) is 11.5 Å². The Bertz CT molecular complexity index is 1940. The number of urea groups is 1. The van der Waals surface area contributed by atoms with Gasteiger partial charge in [0.2, 0.25) is 5.91 Å². The minimum absolute atomic E-state index is 0.160. The normalized spacial score (nSPS) is 13.5. The van der Waals surface area contributed by atoms with Gasteiger partial charge in [0.15, 0.2) is 5.82 Å². The Morgan fingerprint density at radius 1 is 0.941 bits per heavy atom. The summed E-state index contributed by atoms with van der Waals surface area (Å²) in [4.78, 5) is 63.1. The number of hydrogen-bond acceptors (Lipinski definition) is 9. The number of anilines is 2. The van der Waals surface area contributed by atoms with Gasteiger partial charge in [0.25, 0.3) is 5.56 Å². The summed E-state index contributed by atoms with van der Waals surface area (Å²) < 4.78 is 31.4. The molecular formula is C36H42FN7O7. The second-order valence-electron chi connectivity index (χ2n) is 12.2. The molecule has 51 heavy (non-hydrogen) atoms. The SMILES string of the molecule is COc1ccc(N(C(=O)Nc2ccc(F)cc2)C(C)c2nc3ccccc3c(=O)n2N2CCN(C(=O)CN(C)C(=O)OC(C)C)CC2)c(OC)c1. The molecule has 1 N–H and O–H groups in total. The molecule has 2 heterocycles. The van der Waals surface area contributed by atoms with Crippen LogP contribution in [0, 0.1) is 5.82 Å². The Labute approximate surface area is 294 Å². The average Bonchev–Trinajstić information content (AvgIpc) is 3.12. The molecule has 5 rings (SSSR count). The summed E-state index contributed by atoms with van der Waals surface area (Å²) >= 11 is 0. The van der Waals surface area contributed by atoms with Crippen LogP contribution < -0.4 is 30.3 Å². The number of nitrogens with one attached hydrogen (secondary N) is 1. The number of hydrogen-bond donors (Lipinski definition) is 1. The average molecular weight is 704 g/mol. The van der Waals surface area contributed by atoms with Crippen LogP contribution in [-0.4, -0.2) is 97.6 Å². The second-order valence-corrected chi connectivity index (χ2v) is 12.2. The number of likely N-dealkylation sites (N-methyl/N-ethyl adjacent to an activating group) is 1. The highest BCUT2D eigenvalue weighted by atomic mass is 19.1. The number of aromatic nitrogens is 2. The molecular weight excluding hydrogens is 661 g/mol. The maximum absolute atomic E-state index is 14.3. The number of rotatable bonds is 10. The van der Waals surface area contributed by atoms with Gasteiger partial charge in [0.05, 0.1) is 56.0 Å². The lowest BCUT2D eigenvalue weighted by Crippen LogP contribution is -2.58. The molecule has 4 amide bonds. The molecule has 4 aromatic rings. The molecule has 1 aliphatic rings. The van der Waals surface area contributed by atoms with E-state index >= 15 is 0 Å². The van der Waals surface area contributed by atoms with Gasteiger partial charge in [-0.1, -0.05) is 12.1 Å². The molecule has 270 valence electrons. The van der Waals surface area contributed by atoms with E-state index in [4.69, 9.17) is 19.2 Å². The van der Waals surface area contributed by atoms with Crippen LogP contribution >= 0.6 is 0 Å². The maximum Gasteiger partial charge on any atom is 0.410 e. The quantitative estimate of drug-likeness (QED) is 0.251. The molecule has 1 atom stereocenters. The van der Waals surface area contributed by atoms with Gasteiger partial charge in [-0.05, 0) is 69.3 Å². The van der Waals surface area contributed by atoms with Crippen LogP contribution in [0.15, 0.2) is 71.5 Å². The van der Waals surface area contributed by atoms with Crippen molar-refractivity contribution in [2.75, 3.05) is 69.2 Å². The van der Waals surface area contributed by atoms with Crippen molar-refractivity contribution < 1.29 is 33.0 Å². The van der Waals surface area contributed by atoms with Gasteiger partial charge >= 0.3 is 12.1 Å².